The van der Waals surface area contributed by atoms with Crippen molar-refractivity contribution in [3.8, 4) is 0 Å². The monoisotopic (exact) mass is 246 g/mol. The first-order valence-electron chi connectivity index (χ1n) is 6.32. The van der Waals surface area contributed by atoms with Crippen LogP contribution in [0.4, 0.5) is 0 Å². The fourth-order valence-electron chi connectivity index (χ4n) is 2.19. The minimum Gasteiger partial charge on any atom is -0.355 e. The Balaban J connectivity index is 1.98. The number of carbonyl (C=O) groups excluding carboxylic acids is 2. The summed E-state index contributed by atoms with van der Waals surface area (Å²) in [6.45, 7) is 2.49. The van der Waals surface area contributed by atoms with Crippen molar-refractivity contribution >= 4 is 11.8 Å². The van der Waals surface area contributed by atoms with Gasteiger partial charge >= 0.3 is 0 Å². The molecule has 2 N–H and O–H groups in total. The Hall–Kier alpha value is -1.84. The minimum absolute atomic E-state index is 0.0226. The molecule has 2 unspecified atom stereocenters. The van der Waals surface area contributed by atoms with E-state index in [-0.39, 0.29) is 23.8 Å². The van der Waals surface area contributed by atoms with Crippen LogP contribution in [-0.2, 0) is 9.59 Å². The summed E-state index contributed by atoms with van der Waals surface area (Å²) < 4.78 is 0. The molecule has 4 nitrogen and oxygen atoms in total. The molecule has 1 saturated heterocycles. The Labute approximate surface area is 107 Å². The van der Waals surface area contributed by atoms with Gasteiger partial charge < -0.3 is 10.6 Å². The molecule has 1 aliphatic heterocycles. The highest BCUT2D eigenvalue weighted by Crippen LogP contribution is 2.18. The van der Waals surface area contributed by atoms with Crippen molar-refractivity contribution < 1.29 is 9.59 Å². The third-order valence-corrected chi connectivity index (χ3v) is 3.27. The van der Waals surface area contributed by atoms with Gasteiger partial charge in [0.2, 0.25) is 11.8 Å². The fraction of sp³-hybridized carbons (Fsp3) is 0.429. The number of hydrogen-bond donors (Lipinski definition) is 2. The normalized spacial score (nSPS) is 20.3. The Kier molecular flexibility index (Phi) is 3.97. The Morgan fingerprint density at radius 1 is 1.44 bits per heavy atom. The van der Waals surface area contributed by atoms with Crippen LogP contribution in [0, 0.1) is 5.92 Å². The molecule has 1 aromatic rings. The highest BCUT2D eigenvalue weighted by molar-refractivity contribution is 5.89. The molecule has 1 heterocycles. The summed E-state index contributed by atoms with van der Waals surface area (Å²) in [5.74, 6) is -0.303. The van der Waals surface area contributed by atoms with Gasteiger partial charge in [0, 0.05) is 13.0 Å². The molecule has 2 atom stereocenters. The van der Waals surface area contributed by atoms with Crippen LogP contribution in [0.15, 0.2) is 30.3 Å². The molecular formula is C14H18N2O2. The molecule has 0 aromatic heterocycles. The lowest BCUT2D eigenvalue weighted by Gasteiger charge is -2.19. The number of benzene rings is 1. The molecule has 0 spiro atoms. The third kappa shape index (κ3) is 2.88. The molecular weight excluding hydrogens is 228 g/mol. The zero-order valence-corrected chi connectivity index (χ0v) is 10.5. The fourth-order valence-corrected chi connectivity index (χ4v) is 2.19. The number of hydrogen-bond acceptors (Lipinski definition) is 2. The SMILES string of the molecule is CCC(NC(=O)C1CNC(=O)C1)c1ccccc1. The van der Waals surface area contributed by atoms with E-state index in [0.717, 1.165) is 12.0 Å². The number of amides is 2. The second-order valence-electron chi connectivity index (χ2n) is 4.59. The number of nitrogens with one attached hydrogen (secondary N) is 2. The molecule has 0 radical (unpaired) electrons. The first-order valence-corrected chi connectivity index (χ1v) is 6.32. The van der Waals surface area contributed by atoms with Crippen LogP contribution in [0.5, 0.6) is 0 Å². The van der Waals surface area contributed by atoms with Crippen LogP contribution in [0.1, 0.15) is 31.4 Å². The van der Waals surface area contributed by atoms with Gasteiger partial charge in [-0.1, -0.05) is 37.3 Å². The summed E-state index contributed by atoms with van der Waals surface area (Å²) in [5, 5.41) is 5.70. The van der Waals surface area contributed by atoms with Crippen LogP contribution in [-0.4, -0.2) is 18.4 Å². The molecule has 2 amide bonds. The van der Waals surface area contributed by atoms with E-state index in [9.17, 15) is 9.59 Å². The van der Waals surface area contributed by atoms with Crippen molar-refractivity contribution in [2.45, 2.75) is 25.8 Å². The van der Waals surface area contributed by atoms with Gasteiger partial charge in [-0.25, -0.2) is 0 Å². The Morgan fingerprint density at radius 2 is 2.17 bits per heavy atom. The molecule has 2 rings (SSSR count). The minimum atomic E-state index is -0.227. The summed E-state index contributed by atoms with van der Waals surface area (Å²) in [7, 11) is 0. The van der Waals surface area contributed by atoms with Crippen LogP contribution < -0.4 is 10.6 Å². The van der Waals surface area contributed by atoms with Gasteiger partial charge in [0.25, 0.3) is 0 Å². The van der Waals surface area contributed by atoms with Gasteiger partial charge in [0.1, 0.15) is 0 Å². The van der Waals surface area contributed by atoms with Crippen LogP contribution in [0.2, 0.25) is 0 Å². The topological polar surface area (TPSA) is 58.2 Å². The van der Waals surface area contributed by atoms with E-state index in [1.807, 2.05) is 37.3 Å². The van der Waals surface area contributed by atoms with Gasteiger partial charge in [0.05, 0.1) is 12.0 Å². The highest BCUT2D eigenvalue weighted by atomic mass is 16.2. The average Bonchev–Trinajstić information content (AvgIpc) is 2.83. The molecule has 18 heavy (non-hydrogen) atoms. The molecule has 0 saturated carbocycles. The first-order chi connectivity index (χ1) is 8.70. The van der Waals surface area contributed by atoms with Crippen molar-refractivity contribution in [2.24, 2.45) is 5.92 Å². The second kappa shape index (κ2) is 5.67. The van der Waals surface area contributed by atoms with E-state index in [4.69, 9.17) is 0 Å². The maximum atomic E-state index is 12.0. The molecule has 1 fully saturated rings. The smallest absolute Gasteiger partial charge is 0.225 e. The van der Waals surface area contributed by atoms with Crippen molar-refractivity contribution in [3.63, 3.8) is 0 Å². The number of rotatable bonds is 4. The van der Waals surface area contributed by atoms with Crippen molar-refractivity contribution in [3.05, 3.63) is 35.9 Å². The molecule has 0 bridgehead atoms. The van der Waals surface area contributed by atoms with Crippen LogP contribution in [0.25, 0.3) is 0 Å². The Morgan fingerprint density at radius 3 is 2.72 bits per heavy atom. The van der Waals surface area contributed by atoms with E-state index in [0.29, 0.717) is 13.0 Å². The zero-order valence-electron chi connectivity index (χ0n) is 10.5. The molecule has 96 valence electrons. The van der Waals surface area contributed by atoms with E-state index < -0.39 is 0 Å². The maximum Gasteiger partial charge on any atom is 0.225 e. The van der Waals surface area contributed by atoms with Crippen LogP contribution >= 0.6 is 0 Å². The lowest BCUT2D eigenvalue weighted by molar-refractivity contribution is -0.127. The quantitative estimate of drug-likeness (QED) is 0.843. The van der Waals surface area contributed by atoms with Gasteiger partial charge in [-0.3, -0.25) is 9.59 Å². The number of carbonyl (C=O) groups is 2. The standard InChI is InChI=1S/C14H18N2O2/c1-2-12(10-6-4-3-5-7-10)16-14(18)11-8-13(17)15-9-11/h3-7,11-12H,2,8-9H2,1H3,(H,15,17)(H,16,18). The largest absolute Gasteiger partial charge is 0.355 e. The third-order valence-electron chi connectivity index (χ3n) is 3.27. The highest BCUT2D eigenvalue weighted by Gasteiger charge is 2.29. The molecule has 1 aromatic carbocycles. The Bertz CT molecular complexity index is 431. The first kappa shape index (κ1) is 12.6. The van der Waals surface area contributed by atoms with Crippen molar-refractivity contribution in [2.75, 3.05) is 6.54 Å². The molecule has 1 aliphatic rings. The van der Waals surface area contributed by atoms with Crippen molar-refractivity contribution in [1.29, 1.82) is 0 Å². The summed E-state index contributed by atoms with van der Waals surface area (Å²) in [6.07, 6.45) is 1.14. The molecule has 0 aliphatic carbocycles. The zero-order chi connectivity index (χ0) is 13.0. The van der Waals surface area contributed by atoms with E-state index in [2.05, 4.69) is 10.6 Å². The van der Waals surface area contributed by atoms with Crippen LogP contribution in [0.3, 0.4) is 0 Å². The summed E-state index contributed by atoms with van der Waals surface area (Å²) in [6, 6.07) is 9.92. The predicted octanol–water partition coefficient (Wildman–Crippen LogP) is 1.39. The maximum absolute atomic E-state index is 12.0. The van der Waals surface area contributed by atoms with E-state index >= 15 is 0 Å². The summed E-state index contributed by atoms with van der Waals surface area (Å²) in [4.78, 5) is 23.1. The molecule has 4 heteroatoms. The average molecular weight is 246 g/mol. The summed E-state index contributed by atoms with van der Waals surface area (Å²) in [5.41, 5.74) is 1.10. The van der Waals surface area contributed by atoms with E-state index in [1.54, 1.807) is 0 Å². The van der Waals surface area contributed by atoms with Crippen molar-refractivity contribution in [1.82, 2.24) is 10.6 Å². The lowest BCUT2D eigenvalue weighted by atomic mass is 10.0. The van der Waals surface area contributed by atoms with Gasteiger partial charge in [-0.05, 0) is 12.0 Å². The lowest BCUT2D eigenvalue weighted by Crippen LogP contribution is -2.34. The predicted molar refractivity (Wildman–Crippen MR) is 68.7 cm³/mol. The second-order valence-corrected chi connectivity index (χ2v) is 4.59. The summed E-state index contributed by atoms with van der Waals surface area (Å²) >= 11 is 0. The van der Waals surface area contributed by atoms with Gasteiger partial charge in [0.15, 0.2) is 0 Å². The van der Waals surface area contributed by atoms with Gasteiger partial charge in [-0.15, -0.1) is 0 Å². The van der Waals surface area contributed by atoms with Gasteiger partial charge in [-0.2, -0.15) is 0 Å². The van der Waals surface area contributed by atoms with E-state index in [1.165, 1.54) is 0 Å².